The minimum atomic E-state index is -0.271. The van der Waals surface area contributed by atoms with Gasteiger partial charge in [-0.1, -0.05) is 15.9 Å². The maximum Gasteiger partial charge on any atom is 0.239 e. The van der Waals surface area contributed by atoms with Gasteiger partial charge < -0.3 is 5.32 Å². The van der Waals surface area contributed by atoms with Crippen LogP contribution in [0, 0.1) is 0 Å². The summed E-state index contributed by atoms with van der Waals surface area (Å²) < 4.78 is 0. The highest BCUT2D eigenvalue weighted by atomic mass is 79.9. The van der Waals surface area contributed by atoms with E-state index in [1.165, 1.54) is 18.3 Å². The Morgan fingerprint density at radius 2 is 2.29 bits per heavy atom. The number of hydrogen-bond acceptors (Lipinski definition) is 4. The number of aromatic nitrogens is 1. The van der Waals surface area contributed by atoms with Crippen molar-refractivity contribution in [1.29, 1.82) is 0 Å². The van der Waals surface area contributed by atoms with Crippen molar-refractivity contribution in [3.8, 4) is 0 Å². The molecule has 0 spiro atoms. The Kier molecular flexibility index (Phi) is 3.77. The lowest BCUT2D eigenvalue weighted by Crippen LogP contribution is -2.19. The molecule has 0 saturated carbocycles. The Morgan fingerprint density at radius 3 is 2.71 bits per heavy atom. The first-order valence-corrected chi connectivity index (χ1v) is 5.71. The van der Waals surface area contributed by atoms with Gasteiger partial charge in [-0.2, -0.15) is 0 Å². The van der Waals surface area contributed by atoms with E-state index in [4.69, 9.17) is 0 Å². The van der Waals surface area contributed by atoms with Crippen LogP contribution in [0.3, 0.4) is 0 Å². The molecule has 6 heteroatoms. The molecule has 1 atom stereocenters. The first-order valence-electron chi connectivity index (χ1n) is 3.92. The van der Waals surface area contributed by atoms with Gasteiger partial charge in [0.15, 0.2) is 10.9 Å². The highest BCUT2D eigenvalue weighted by Gasteiger charge is 2.12. The first kappa shape index (κ1) is 11.3. The zero-order valence-electron chi connectivity index (χ0n) is 7.70. The zero-order chi connectivity index (χ0) is 10.7. The zero-order valence-corrected chi connectivity index (χ0v) is 10.1. The molecule has 4 nitrogen and oxygen atoms in total. The maximum absolute atomic E-state index is 11.2. The van der Waals surface area contributed by atoms with E-state index in [2.05, 4.69) is 26.2 Å². The third-order valence-corrected chi connectivity index (χ3v) is 2.63. The molecule has 0 aliphatic rings. The fourth-order valence-corrected chi connectivity index (χ4v) is 1.56. The average Bonchev–Trinajstić information content (AvgIpc) is 2.52. The molecule has 1 N–H and O–H groups in total. The number of hydrogen-bond donors (Lipinski definition) is 1. The number of carbonyl (C=O) groups is 2. The first-order chi connectivity index (χ1) is 6.50. The predicted octanol–water partition coefficient (Wildman–Crippen LogP) is 2.07. The second kappa shape index (κ2) is 4.65. The number of nitrogens with one attached hydrogen (secondary N) is 1. The van der Waals surface area contributed by atoms with Gasteiger partial charge in [-0.05, 0) is 6.92 Å². The van der Waals surface area contributed by atoms with E-state index in [1.54, 1.807) is 12.3 Å². The SMILES string of the molecule is CC(=O)c1csc(NC(=O)C(C)Br)n1. The van der Waals surface area contributed by atoms with Crippen LogP contribution in [-0.4, -0.2) is 21.5 Å². The summed E-state index contributed by atoms with van der Waals surface area (Å²) in [6.45, 7) is 3.16. The van der Waals surface area contributed by atoms with E-state index < -0.39 is 0 Å². The molecule has 0 aromatic carbocycles. The van der Waals surface area contributed by atoms with Gasteiger partial charge in [0.05, 0.1) is 4.83 Å². The van der Waals surface area contributed by atoms with Crippen molar-refractivity contribution in [2.24, 2.45) is 0 Å². The van der Waals surface area contributed by atoms with Crippen LogP contribution in [0.4, 0.5) is 5.13 Å². The number of amides is 1. The molecule has 0 aliphatic carbocycles. The number of anilines is 1. The molecule has 1 aromatic heterocycles. The van der Waals surface area contributed by atoms with Crippen molar-refractivity contribution >= 4 is 44.1 Å². The third-order valence-electron chi connectivity index (χ3n) is 1.46. The van der Waals surface area contributed by atoms with Crippen molar-refractivity contribution in [2.45, 2.75) is 18.7 Å². The van der Waals surface area contributed by atoms with Crippen LogP contribution < -0.4 is 5.32 Å². The molecule has 0 saturated heterocycles. The number of carbonyl (C=O) groups excluding carboxylic acids is 2. The average molecular weight is 277 g/mol. The smallest absolute Gasteiger partial charge is 0.239 e. The Balaban J connectivity index is 2.69. The fraction of sp³-hybridized carbons (Fsp3) is 0.375. The van der Waals surface area contributed by atoms with Gasteiger partial charge in [0.25, 0.3) is 0 Å². The molecule has 76 valence electrons. The normalized spacial score (nSPS) is 12.2. The predicted molar refractivity (Wildman–Crippen MR) is 59.1 cm³/mol. The van der Waals surface area contributed by atoms with Gasteiger partial charge in [0.1, 0.15) is 5.69 Å². The second-order valence-electron chi connectivity index (χ2n) is 2.70. The van der Waals surface area contributed by atoms with Crippen molar-refractivity contribution in [3.63, 3.8) is 0 Å². The number of alkyl halides is 1. The molecule has 1 aromatic rings. The van der Waals surface area contributed by atoms with Crippen LogP contribution in [0.1, 0.15) is 24.3 Å². The standard InChI is InChI=1S/C8H9BrN2O2S/c1-4(9)7(13)11-8-10-6(3-14-8)5(2)12/h3-4H,1-2H3,(H,10,11,13). The molecule has 0 aliphatic heterocycles. The van der Waals surface area contributed by atoms with E-state index in [0.29, 0.717) is 10.8 Å². The van der Waals surface area contributed by atoms with Gasteiger partial charge in [-0.3, -0.25) is 9.59 Å². The number of thiazole rings is 1. The van der Waals surface area contributed by atoms with Crippen molar-refractivity contribution in [1.82, 2.24) is 4.98 Å². The van der Waals surface area contributed by atoms with E-state index in [0.717, 1.165) is 0 Å². The molecule has 0 radical (unpaired) electrons. The topological polar surface area (TPSA) is 59.1 Å². The lowest BCUT2D eigenvalue weighted by Gasteiger charge is -2.01. The molecule has 1 unspecified atom stereocenters. The summed E-state index contributed by atoms with van der Waals surface area (Å²) in [5.74, 6) is -0.275. The molecule has 1 heterocycles. The Hall–Kier alpha value is -0.750. The number of nitrogens with zero attached hydrogens (tertiary/aromatic N) is 1. The molecular weight excluding hydrogens is 268 g/mol. The largest absolute Gasteiger partial charge is 0.301 e. The van der Waals surface area contributed by atoms with Crippen LogP contribution in [0.2, 0.25) is 0 Å². The fourth-order valence-electron chi connectivity index (χ4n) is 0.698. The third kappa shape index (κ3) is 2.88. The van der Waals surface area contributed by atoms with E-state index in [9.17, 15) is 9.59 Å². The van der Waals surface area contributed by atoms with Crippen LogP contribution >= 0.6 is 27.3 Å². The van der Waals surface area contributed by atoms with Crippen LogP contribution in [0.15, 0.2) is 5.38 Å². The van der Waals surface area contributed by atoms with E-state index in [1.807, 2.05) is 0 Å². The summed E-state index contributed by atoms with van der Waals surface area (Å²) in [5.41, 5.74) is 0.382. The summed E-state index contributed by atoms with van der Waals surface area (Å²) in [4.78, 5) is 25.8. The number of rotatable bonds is 3. The summed E-state index contributed by atoms with van der Waals surface area (Å²) in [6, 6.07) is 0. The maximum atomic E-state index is 11.2. The van der Waals surface area contributed by atoms with Gasteiger partial charge in [0, 0.05) is 12.3 Å². The van der Waals surface area contributed by atoms with Crippen LogP contribution in [0.25, 0.3) is 0 Å². The van der Waals surface area contributed by atoms with Gasteiger partial charge in [-0.25, -0.2) is 4.98 Å². The Morgan fingerprint density at radius 1 is 1.64 bits per heavy atom. The molecule has 1 rings (SSSR count). The van der Waals surface area contributed by atoms with Crippen molar-refractivity contribution in [2.75, 3.05) is 5.32 Å². The molecule has 0 bridgehead atoms. The molecule has 1 amide bonds. The monoisotopic (exact) mass is 276 g/mol. The Labute approximate surface area is 93.9 Å². The Bertz CT molecular complexity index is 362. The van der Waals surface area contributed by atoms with Crippen molar-refractivity contribution in [3.05, 3.63) is 11.1 Å². The van der Waals surface area contributed by atoms with E-state index in [-0.39, 0.29) is 16.5 Å². The number of ketones is 1. The number of halogens is 1. The van der Waals surface area contributed by atoms with Gasteiger partial charge in [-0.15, -0.1) is 11.3 Å². The van der Waals surface area contributed by atoms with Crippen LogP contribution in [-0.2, 0) is 4.79 Å². The highest BCUT2D eigenvalue weighted by molar-refractivity contribution is 9.10. The van der Waals surface area contributed by atoms with Gasteiger partial charge >= 0.3 is 0 Å². The minimum absolute atomic E-state index is 0.103. The van der Waals surface area contributed by atoms with Crippen molar-refractivity contribution < 1.29 is 9.59 Å². The summed E-state index contributed by atoms with van der Waals surface area (Å²) >= 11 is 4.37. The van der Waals surface area contributed by atoms with Gasteiger partial charge in [0.2, 0.25) is 5.91 Å². The highest BCUT2D eigenvalue weighted by Crippen LogP contribution is 2.16. The molecule has 0 fully saturated rings. The minimum Gasteiger partial charge on any atom is -0.301 e. The molecular formula is C8H9BrN2O2S. The quantitative estimate of drug-likeness (QED) is 0.679. The number of Topliss-reactive ketones (excluding diaryl/α,β-unsaturated/α-hetero) is 1. The summed E-state index contributed by atoms with van der Waals surface area (Å²) in [6.07, 6.45) is 0. The summed E-state index contributed by atoms with van der Waals surface area (Å²) in [7, 11) is 0. The lowest BCUT2D eigenvalue weighted by atomic mass is 10.4. The second-order valence-corrected chi connectivity index (χ2v) is 4.93. The van der Waals surface area contributed by atoms with E-state index >= 15 is 0 Å². The van der Waals surface area contributed by atoms with Crippen LogP contribution in [0.5, 0.6) is 0 Å². The molecule has 14 heavy (non-hydrogen) atoms. The lowest BCUT2D eigenvalue weighted by molar-refractivity contribution is -0.115. The summed E-state index contributed by atoms with van der Waals surface area (Å²) in [5, 5.41) is 4.66.